The van der Waals surface area contributed by atoms with Crippen molar-refractivity contribution in [2.45, 2.75) is 24.5 Å². The van der Waals surface area contributed by atoms with Crippen molar-refractivity contribution in [1.29, 1.82) is 0 Å². The second kappa shape index (κ2) is 7.93. The number of rotatable bonds is 4. The van der Waals surface area contributed by atoms with Gasteiger partial charge in [0.25, 0.3) is 0 Å². The number of nitrogens with zero attached hydrogens (tertiary/aromatic N) is 1. The molecule has 1 aromatic heterocycles. The summed E-state index contributed by atoms with van der Waals surface area (Å²) in [4.78, 5) is 14.4. The van der Waals surface area contributed by atoms with Gasteiger partial charge in [-0.15, -0.1) is 11.8 Å². The van der Waals surface area contributed by atoms with Crippen LogP contribution in [-0.2, 0) is 11.2 Å². The van der Waals surface area contributed by atoms with Gasteiger partial charge in [-0.3, -0.25) is 4.79 Å². The molecule has 1 saturated heterocycles. The summed E-state index contributed by atoms with van der Waals surface area (Å²) in [6, 6.07) is 11.7. The lowest BCUT2D eigenvalue weighted by atomic mass is 10.1. The van der Waals surface area contributed by atoms with E-state index in [9.17, 15) is 4.79 Å². The minimum Gasteiger partial charge on any atom is -0.468 e. The molecule has 0 saturated carbocycles. The molecule has 0 radical (unpaired) electrons. The van der Waals surface area contributed by atoms with Crippen molar-refractivity contribution in [2.24, 2.45) is 0 Å². The number of carbonyl (C=O) groups excluding carboxylic acids is 1. The number of benzene rings is 1. The van der Waals surface area contributed by atoms with Gasteiger partial charge in [-0.05, 0) is 42.7 Å². The molecule has 0 spiro atoms. The molecule has 0 unspecified atom stereocenters. The second-order valence-corrected chi connectivity index (χ2v) is 7.42. The fourth-order valence-electron chi connectivity index (χ4n) is 2.82. The minimum absolute atomic E-state index is 0.227. The SMILES string of the molecule is O=C(CCc1cccc(Cl)c1)N1CCS[C@@H](c2ccco2)CC1. The first-order chi connectivity index (χ1) is 11.2. The van der Waals surface area contributed by atoms with Gasteiger partial charge in [0.1, 0.15) is 5.76 Å². The Kier molecular flexibility index (Phi) is 5.68. The third-order valence-corrected chi connectivity index (χ3v) is 5.59. The first-order valence-electron chi connectivity index (χ1n) is 7.89. The smallest absolute Gasteiger partial charge is 0.222 e. The van der Waals surface area contributed by atoms with Crippen LogP contribution in [0.3, 0.4) is 0 Å². The van der Waals surface area contributed by atoms with Crippen molar-refractivity contribution >= 4 is 29.3 Å². The van der Waals surface area contributed by atoms with Crippen LogP contribution in [0.15, 0.2) is 47.1 Å². The monoisotopic (exact) mass is 349 g/mol. The largest absolute Gasteiger partial charge is 0.468 e. The summed E-state index contributed by atoms with van der Waals surface area (Å²) in [5, 5.41) is 1.08. The fourth-order valence-corrected chi connectivity index (χ4v) is 4.22. The maximum atomic E-state index is 12.5. The number of hydrogen-bond donors (Lipinski definition) is 0. The van der Waals surface area contributed by atoms with E-state index in [4.69, 9.17) is 16.0 Å². The summed E-state index contributed by atoms with van der Waals surface area (Å²) in [5.41, 5.74) is 1.11. The van der Waals surface area contributed by atoms with Crippen molar-refractivity contribution in [2.75, 3.05) is 18.8 Å². The molecule has 1 fully saturated rings. The zero-order valence-electron chi connectivity index (χ0n) is 12.9. The van der Waals surface area contributed by atoms with Crippen molar-refractivity contribution in [3.05, 3.63) is 59.0 Å². The molecule has 1 atom stereocenters. The molecular weight excluding hydrogens is 330 g/mol. The summed E-state index contributed by atoms with van der Waals surface area (Å²) in [6.07, 6.45) is 3.94. The van der Waals surface area contributed by atoms with E-state index in [0.29, 0.717) is 11.7 Å². The van der Waals surface area contributed by atoms with Crippen LogP contribution in [0.2, 0.25) is 5.02 Å². The van der Waals surface area contributed by atoms with Gasteiger partial charge in [-0.2, -0.15) is 0 Å². The van der Waals surface area contributed by atoms with Gasteiger partial charge >= 0.3 is 0 Å². The van der Waals surface area contributed by atoms with Gasteiger partial charge in [-0.1, -0.05) is 23.7 Å². The second-order valence-electron chi connectivity index (χ2n) is 5.67. The number of amides is 1. The summed E-state index contributed by atoms with van der Waals surface area (Å²) in [6.45, 7) is 1.61. The van der Waals surface area contributed by atoms with Crippen molar-refractivity contribution in [3.63, 3.8) is 0 Å². The summed E-state index contributed by atoms with van der Waals surface area (Å²) < 4.78 is 5.50. The molecule has 3 nitrogen and oxygen atoms in total. The Bertz CT molecular complexity index is 644. The highest BCUT2D eigenvalue weighted by Gasteiger charge is 2.23. The standard InChI is InChI=1S/C18H20ClNO2S/c19-15-4-1-3-14(13-15)6-7-18(21)20-9-8-17(23-12-10-20)16-5-2-11-22-16/h1-5,11,13,17H,6-10,12H2/t17-/m1/s1. The summed E-state index contributed by atoms with van der Waals surface area (Å²) >= 11 is 7.86. The Morgan fingerprint density at radius 1 is 1.30 bits per heavy atom. The number of thioether (sulfide) groups is 1. The zero-order valence-corrected chi connectivity index (χ0v) is 14.5. The fraction of sp³-hybridized carbons (Fsp3) is 0.389. The molecule has 0 bridgehead atoms. The maximum Gasteiger partial charge on any atom is 0.222 e. The van der Waals surface area contributed by atoms with E-state index in [1.807, 2.05) is 53.1 Å². The molecule has 1 aliphatic rings. The van der Waals surface area contributed by atoms with E-state index in [-0.39, 0.29) is 5.91 Å². The zero-order chi connectivity index (χ0) is 16.1. The molecule has 122 valence electrons. The van der Waals surface area contributed by atoms with E-state index < -0.39 is 0 Å². The Labute approximate surface area is 146 Å². The van der Waals surface area contributed by atoms with Gasteiger partial charge in [0.2, 0.25) is 5.91 Å². The molecule has 1 aromatic carbocycles. The van der Waals surface area contributed by atoms with Crippen LogP contribution in [0.25, 0.3) is 0 Å². The average molecular weight is 350 g/mol. The number of aryl methyl sites for hydroxylation is 1. The molecule has 0 aliphatic carbocycles. The summed E-state index contributed by atoms with van der Waals surface area (Å²) in [5.74, 6) is 2.20. The molecule has 3 rings (SSSR count). The quantitative estimate of drug-likeness (QED) is 0.810. The lowest BCUT2D eigenvalue weighted by molar-refractivity contribution is -0.130. The molecule has 1 amide bonds. The van der Waals surface area contributed by atoms with Gasteiger partial charge in [0, 0.05) is 30.3 Å². The lowest BCUT2D eigenvalue weighted by Crippen LogP contribution is -2.33. The van der Waals surface area contributed by atoms with Crippen LogP contribution in [0.4, 0.5) is 0 Å². The van der Waals surface area contributed by atoms with Crippen LogP contribution in [0.1, 0.15) is 29.4 Å². The first-order valence-corrected chi connectivity index (χ1v) is 9.32. The van der Waals surface area contributed by atoms with Crippen LogP contribution in [0.5, 0.6) is 0 Å². The van der Waals surface area contributed by atoms with E-state index >= 15 is 0 Å². The van der Waals surface area contributed by atoms with Gasteiger partial charge in [-0.25, -0.2) is 0 Å². The van der Waals surface area contributed by atoms with E-state index in [2.05, 4.69) is 0 Å². The number of halogens is 1. The van der Waals surface area contributed by atoms with Crippen LogP contribution in [-0.4, -0.2) is 29.6 Å². The van der Waals surface area contributed by atoms with E-state index in [0.717, 1.165) is 48.0 Å². The van der Waals surface area contributed by atoms with E-state index in [1.54, 1.807) is 6.26 Å². The normalized spacial score (nSPS) is 18.7. The van der Waals surface area contributed by atoms with Gasteiger partial charge in [0.15, 0.2) is 0 Å². The molecular formula is C18H20ClNO2S. The Morgan fingerprint density at radius 3 is 3.00 bits per heavy atom. The maximum absolute atomic E-state index is 12.5. The molecule has 2 heterocycles. The molecule has 1 aliphatic heterocycles. The molecule has 5 heteroatoms. The Morgan fingerprint density at radius 2 is 2.22 bits per heavy atom. The molecule has 2 aromatic rings. The number of carbonyl (C=O) groups is 1. The molecule has 23 heavy (non-hydrogen) atoms. The van der Waals surface area contributed by atoms with Gasteiger partial charge in [0.05, 0.1) is 11.5 Å². The van der Waals surface area contributed by atoms with E-state index in [1.165, 1.54) is 0 Å². The lowest BCUT2D eigenvalue weighted by Gasteiger charge is -2.20. The third kappa shape index (κ3) is 4.55. The van der Waals surface area contributed by atoms with Crippen molar-refractivity contribution in [1.82, 2.24) is 4.90 Å². The predicted octanol–water partition coefficient (Wildman–Crippen LogP) is 4.57. The highest BCUT2D eigenvalue weighted by Crippen LogP contribution is 2.34. The average Bonchev–Trinajstić information content (AvgIpc) is 2.97. The first kappa shape index (κ1) is 16.5. The minimum atomic E-state index is 0.227. The van der Waals surface area contributed by atoms with Gasteiger partial charge < -0.3 is 9.32 Å². The molecule has 0 N–H and O–H groups in total. The van der Waals surface area contributed by atoms with Crippen molar-refractivity contribution < 1.29 is 9.21 Å². The third-order valence-electron chi connectivity index (χ3n) is 4.07. The number of hydrogen-bond acceptors (Lipinski definition) is 3. The summed E-state index contributed by atoms with van der Waals surface area (Å²) in [7, 11) is 0. The Hall–Kier alpha value is -1.39. The highest BCUT2D eigenvalue weighted by molar-refractivity contribution is 7.99. The highest BCUT2D eigenvalue weighted by atomic mass is 35.5. The predicted molar refractivity (Wildman–Crippen MR) is 94.9 cm³/mol. The van der Waals surface area contributed by atoms with Crippen molar-refractivity contribution in [3.8, 4) is 0 Å². The van der Waals surface area contributed by atoms with Crippen LogP contribution in [0, 0.1) is 0 Å². The van der Waals surface area contributed by atoms with Crippen LogP contribution >= 0.6 is 23.4 Å². The van der Waals surface area contributed by atoms with Crippen LogP contribution < -0.4 is 0 Å². The Balaban J connectivity index is 1.52. The topological polar surface area (TPSA) is 33.5 Å². The number of furan rings is 1.